The topological polar surface area (TPSA) is 130 Å². The van der Waals surface area contributed by atoms with Gasteiger partial charge in [-0.1, -0.05) is 33.3 Å². The van der Waals surface area contributed by atoms with Gasteiger partial charge in [0.1, 0.15) is 17.2 Å². The number of halogens is 2. The highest BCUT2D eigenvalue weighted by Crippen LogP contribution is 2.33. The van der Waals surface area contributed by atoms with Gasteiger partial charge < -0.3 is 11.5 Å². The van der Waals surface area contributed by atoms with E-state index in [2.05, 4.69) is 31.2 Å². The first-order chi connectivity index (χ1) is 14.8. The van der Waals surface area contributed by atoms with Crippen LogP contribution in [0, 0.1) is 12.7 Å². The molecule has 0 aliphatic carbocycles. The Kier molecular flexibility index (Phi) is 5.24. The average Bonchev–Trinajstić information content (AvgIpc) is 3.07. The molecule has 0 spiro atoms. The van der Waals surface area contributed by atoms with Gasteiger partial charge in [-0.2, -0.15) is 0 Å². The molecule has 0 aliphatic rings. The van der Waals surface area contributed by atoms with Crippen LogP contribution in [0.3, 0.4) is 0 Å². The zero-order chi connectivity index (χ0) is 22.3. The number of primary amides is 2. The van der Waals surface area contributed by atoms with E-state index in [0.29, 0.717) is 12.2 Å². The lowest BCUT2D eigenvalue weighted by Crippen LogP contribution is -2.21. The lowest BCUT2D eigenvalue weighted by Gasteiger charge is -2.13. The Labute approximate surface area is 184 Å². The first kappa shape index (κ1) is 20.6. The van der Waals surface area contributed by atoms with Crippen LogP contribution in [0.1, 0.15) is 32.1 Å². The summed E-state index contributed by atoms with van der Waals surface area (Å²) < 4.78 is 16.3. The summed E-state index contributed by atoms with van der Waals surface area (Å²) in [7, 11) is 0. The molecule has 4 aromatic rings. The zero-order valence-electron chi connectivity index (χ0n) is 16.3. The molecule has 10 heteroatoms. The highest BCUT2D eigenvalue weighted by Gasteiger charge is 2.27. The van der Waals surface area contributed by atoms with Gasteiger partial charge in [0, 0.05) is 21.5 Å². The molecule has 2 aromatic heterocycles. The van der Waals surface area contributed by atoms with Gasteiger partial charge >= 0.3 is 0 Å². The second kappa shape index (κ2) is 7.88. The molecule has 2 amide bonds. The second-order valence-electron chi connectivity index (χ2n) is 6.91. The van der Waals surface area contributed by atoms with Crippen LogP contribution >= 0.6 is 15.9 Å². The van der Waals surface area contributed by atoms with E-state index in [1.165, 1.54) is 12.1 Å². The minimum Gasteiger partial charge on any atom is -0.366 e. The third-order valence-corrected chi connectivity index (χ3v) is 5.42. The van der Waals surface area contributed by atoms with Crippen molar-refractivity contribution in [3.05, 3.63) is 75.3 Å². The molecule has 2 aromatic carbocycles. The summed E-state index contributed by atoms with van der Waals surface area (Å²) in [6.07, 6.45) is 0. The molecule has 31 heavy (non-hydrogen) atoms. The number of fused-ring (bicyclic) bond motifs is 1. The van der Waals surface area contributed by atoms with Crippen molar-refractivity contribution in [2.24, 2.45) is 11.5 Å². The molecule has 0 fully saturated rings. The van der Waals surface area contributed by atoms with E-state index in [9.17, 15) is 14.0 Å². The van der Waals surface area contributed by atoms with Crippen LogP contribution in [-0.4, -0.2) is 31.8 Å². The van der Waals surface area contributed by atoms with Gasteiger partial charge in [-0.15, -0.1) is 5.10 Å². The number of benzene rings is 2. The molecule has 0 unspecified atom stereocenters. The number of carbonyl (C=O) groups is 2. The molecule has 0 radical (unpaired) electrons. The maximum atomic E-state index is 13.7. The average molecular weight is 483 g/mol. The van der Waals surface area contributed by atoms with Crippen LogP contribution in [0.25, 0.3) is 22.2 Å². The molecule has 8 nitrogen and oxygen atoms in total. The fraction of sp³-hybridized carbons (Fsp3) is 0.0952. The highest BCUT2D eigenvalue weighted by atomic mass is 79.9. The summed E-state index contributed by atoms with van der Waals surface area (Å²) in [5, 5.41) is 8.64. The summed E-state index contributed by atoms with van der Waals surface area (Å²) in [5.41, 5.74) is 12.9. The number of aromatic nitrogens is 4. The van der Waals surface area contributed by atoms with Crippen molar-refractivity contribution < 1.29 is 14.0 Å². The maximum Gasteiger partial charge on any atom is 0.268 e. The Morgan fingerprint density at radius 3 is 2.45 bits per heavy atom. The van der Waals surface area contributed by atoms with E-state index >= 15 is 0 Å². The monoisotopic (exact) mass is 482 g/mol. The zero-order valence-corrected chi connectivity index (χ0v) is 17.9. The van der Waals surface area contributed by atoms with Crippen LogP contribution in [-0.2, 0) is 6.54 Å². The molecule has 2 heterocycles. The van der Waals surface area contributed by atoms with Crippen molar-refractivity contribution in [3.8, 4) is 11.3 Å². The molecule has 156 valence electrons. The van der Waals surface area contributed by atoms with Gasteiger partial charge in [0.2, 0.25) is 5.91 Å². The van der Waals surface area contributed by atoms with Gasteiger partial charge in [0.25, 0.3) is 5.91 Å². The Morgan fingerprint density at radius 1 is 1.10 bits per heavy atom. The van der Waals surface area contributed by atoms with Gasteiger partial charge in [-0.3, -0.25) is 9.59 Å². The fourth-order valence-electron chi connectivity index (χ4n) is 3.41. The van der Waals surface area contributed by atoms with Crippen molar-refractivity contribution in [1.29, 1.82) is 0 Å². The minimum atomic E-state index is -0.898. The second-order valence-corrected chi connectivity index (χ2v) is 7.82. The quantitative estimate of drug-likeness (QED) is 0.451. The van der Waals surface area contributed by atoms with E-state index < -0.39 is 17.6 Å². The number of amides is 2. The molecule has 4 N–H and O–H groups in total. The predicted molar refractivity (Wildman–Crippen MR) is 116 cm³/mol. The van der Waals surface area contributed by atoms with E-state index in [1.54, 1.807) is 11.6 Å². The Balaban J connectivity index is 1.94. The van der Waals surface area contributed by atoms with Gasteiger partial charge in [0.05, 0.1) is 23.3 Å². The molecule has 0 saturated carbocycles. The number of rotatable bonds is 5. The molecule has 0 atom stereocenters. The van der Waals surface area contributed by atoms with E-state index in [4.69, 9.17) is 11.5 Å². The lowest BCUT2D eigenvalue weighted by atomic mass is 9.96. The molecular formula is C21H16BrFN6O2. The lowest BCUT2D eigenvalue weighted by molar-refractivity contribution is 0.0996. The standard InChI is InChI=1S/C21H16BrFN6O2/c1-10-18(27-28-29(10)9-11-2-4-12(22)5-3-11)17-16(20(24)30)14-7-6-13(23)8-15(14)26-19(17)21(25)31/h2-8H,9H2,1H3,(H2,24,30)(H2,25,31). The third kappa shape index (κ3) is 3.77. The predicted octanol–water partition coefficient (Wildman–Crippen LogP) is 2.95. The van der Waals surface area contributed by atoms with Crippen LogP contribution in [0.2, 0.25) is 0 Å². The summed E-state index contributed by atoms with van der Waals surface area (Å²) in [6, 6.07) is 11.3. The van der Waals surface area contributed by atoms with E-state index in [-0.39, 0.29) is 33.4 Å². The summed E-state index contributed by atoms with van der Waals surface area (Å²) in [5.74, 6) is -2.29. The van der Waals surface area contributed by atoms with Gasteiger partial charge in [-0.25, -0.2) is 14.1 Å². The van der Waals surface area contributed by atoms with Gasteiger partial charge in [0.15, 0.2) is 0 Å². The number of pyridine rings is 1. The molecule has 4 rings (SSSR count). The first-order valence-corrected chi connectivity index (χ1v) is 9.93. The normalized spacial score (nSPS) is 11.1. The van der Waals surface area contributed by atoms with Crippen molar-refractivity contribution in [3.63, 3.8) is 0 Å². The number of hydrogen-bond acceptors (Lipinski definition) is 5. The van der Waals surface area contributed by atoms with Crippen LogP contribution < -0.4 is 11.5 Å². The Hall–Kier alpha value is -3.66. The molecular weight excluding hydrogens is 467 g/mol. The first-order valence-electron chi connectivity index (χ1n) is 9.14. The minimum absolute atomic E-state index is 0.0161. The van der Waals surface area contributed by atoms with Gasteiger partial charge in [-0.05, 0) is 36.8 Å². The summed E-state index contributed by atoms with van der Waals surface area (Å²) >= 11 is 3.39. The molecule has 0 aliphatic heterocycles. The number of carbonyl (C=O) groups excluding carboxylic acids is 2. The largest absolute Gasteiger partial charge is 0.366 e. The third-order valence-electron chi connectivity index (χ3n) is 4.89. The van der Waals surface area contributed by atoms with Crippen molar-refractivity contribution in [2.75, 3.05) is 0 Å². The number of nitrogens with two attached hydrogens (primary N) is 2. The SMILES string of the molecule is Cc1c(-c2c(C(N)=O)nc3cc(F)ccc3c2C(N)=O)nnn1Cc1ccc(Br)cc1. The number of hydrogen-bond donors (Lipinski definition) is 2. The molecule has 0 bridgehead atoms. The van der Waals surface area contributed by atoms with Crippen LogP contribution in [0.5, 0.6) is 0 Å². The van der Waals surface area contributed by atoms with E-state index in [1.807, 2.05) is 24.3 Å². The fourth-order valence-corrected chi connectivity index (χ4v) is 3.67. The Bertz CT molecular complexity index is 1350. The van der Waals surface area contributed by atoms with Crippen molar-refractivity contribution in [1.82, 2.24) is 20.0 Å². The van der Waals surface area contributed by atoms with Crippen LogP contribution in [0.15, 0.2) is 46.9 Å². The van der Waals surface area contributed by atoms with E-state index in [0.717, 1.165) is 16.1 Å². The highest BCUT2D eigenvalue weighted by molar-refractivity contribution is 9.10. The maximum absolute atomic E-state index is 13.7. The van der Waals surface area contributed by atoms with Crippen molar-refractivity contribution in [2.45, 2.75) is 13.5 Å². The van der Waals surface area contributed by atoms with Crippen molar-refractivity contribution >= 4 is 38.6 Å². The molecule has 0 saturated heterocycles. The summed E-state index contributed by atoms with van der Waals surface area (Å²) in [6.45, 7) is 2.16. The van der Waals surface area contributed by atoms with Crippen LogP contribution in [0.4, 0.5) is 4.39 Å². The number of nitrogens with zero attached hydrogens (tertiary/aromatic N) is 4. The summed E-state index contributed by atoms with van der Waals surface area (Å²) in [4.78, 5) is 28.8. The smallest absolute Gasteiger partial charge is 0.268 e. The Morgan fingerprint density at radius 2 is 1.81 bits per heavy atom.